The molecule has 0 aliphatic heterocycles. The zero-order chi connectivity index (χ0) is 12.0. The first-order valence-corrected chi connectivity index (χ1v) is 5.37. The van der Waals surface area contributed by atoms with Crippen LogP contribution >= 0.6 is 0 Å². The summed E-state index contributed by atoms with van der Waals surface area (Å²) in [5.41, 5.74) is 3.76. The minimum atomic E-state index is 0.338. The average molecular weight is 214 g/mol. The lowest BCUT2D eigenvalue weighted by molar-refractivity contribution is 0.475. The number of aryl methyl sites for hydroxylation is 3. The molecule has 84 valence electrons. The van der Waals surface area contributed by atoms with Gasteiger partial charge in [-0.3, -0.25) is 0 Å². The van der Waals surface area contributed by atoms with Crippen molar-refractivity contribution >= 4 is 0 Å². The Morgan fingerprint density at radius 3 is 1.38 bits per heavy atom. The molecule has 1 nitrogen and oxygen atoms in total. The first kappa shape index (κ1) is 12.3. The molecule has 0 amide bonds. The van der Waals surface area contributed by atoms with Crippen LogP contribution < -0.4 is 0 Å². The van der Waals surface area contributed by atoms with Gasteiger partial charge >= 0.3 is 0 Å². The third kappa shape index (κ3) is 4.65. The zero-order valence-corrected chi connectivity index (χ0v) is 10.1. The van der Waals surface area contributed by atoms with Gasteiger partial charge in [0.1, 0.15) is 5.75 Å². The molecule has 0 unspecified atom stereocenters. The Morgan fingerprint density at radius 1 is 0.688 bits per heavy atom. The summed E-state index contributed by atoms with van der Waals surface area (Å²) < 4.78 is 0. The van der Waals surface area contributed by atoms with Gasteiger partial charge in [0, 0.05) is 0 Å². The molecular formula is C15H18O. The van der Waals surface area contributed by atoms with E-state index in [1.165, 1.54) is 11.1 Å². The van der Waals surface area contributed by atoms with E-state index in [0.29, 0.717) is 5.75 Å². The van der Waals surface area contributed by atoms with E-state index in [0.717, 1.165) is 5.56 Å². The molecule has 0 aromatic heterocycles. The molecule has 2 rings (SSSR count). The van der Waals surface area contributed by atoms with Crippen molar-refractivity contribution in [2.45, 2.75) is 20.8 Å². The summed E-state index contributed by atoms with van der Waals surface area (Å²) in [5.74, 6) is 0.338. The summed E-state index contributed by atoms with van der Waals surface area (Å²) in [7, 11) is 0. The summed E-state index contributed by atoms with van der Waals surface area (Å²) in [6, 6.07) is 15.6. The number of hydrogen-bond donors (Lipinski definition) is 1. The van der Waals surface area contributed by atoms with Crippen LogP contribution in [0.15, 0.2) is 48.5 Å². The SMILES string of the molecule is Cc1cccc(C)c1.Cc1cccc(O)c1. The Labute approximate surface area is 97.4 Å². The minimum absolute atomic E-state index is 0.338. The third-order valence-corrected chi connectivity index (χ3v) is 2.18. The van der Waals surface area contributed by atoms with Crippen molar-refractivity contribution in [3.63, 3.8) is 0 Å². The normalized spacial score (nSPS) is 9.19. The van der Waals surface area contributed by atoms with Crippen molar-refractivity contribution in [1.82, 2.24) is 0 Å². The third-order valence-electron chi connectivity index (χ3n) is 2.18. The summed E-state index contributed by atoms with van der Waals surface area (Å²) >= 11 is 0. The first-order chi connectivity index (χ1) is 7.58. The Morgan fingerprint density at radius 2 is 1.12 bits per heavy atom. The maximum absolute atomic E-state index is 8.81. The fourth-order valence-corrected chi connectivity index (χ4v) is 1.43. The first-order valence-electron chi connectivity index (χ1n) is 5.37. The molecule has 0 aliphatic rings. The smallest absolute Gasteiger partial charge is 0.115 e. The predicted molar refractivity (Wildman–Crippen MR) is 68.8 cm³/mol. The molecule has 0 saturated carbocycles. The van der Waals surface area contributed by atoms with Crippen LogP contribution in [0.5, 0.6) is 5.75 Å². The fraction of sp³-hybridized carbons (Fsp3) is 0.200. The van der Waals surface area contributed by atoms with Crippen LogP contribution in [0.2, 0.25) is 0 Å². The van der Waals surface area contributed by atoms with Gasteiger partial charge in [-0.25, -0.2) is 0 Å². The lowest BCUT2D eigenvalue weighted by Crippen LogP contribution is -1.71. The van der Waals surface area contributed by atoms with Crippen LogP contribution in [0, 0.1) is 20.8 Å². The highest BCUT2D eigenvalue weighted by Crippen LogP contribution is 2.08. The standard InChI is InChI=1S/C8H10.C7H8O/c1-7-4-3-5-8(2)6-7;1-6-3-2-4-7(8)5-6/h3-6H,1-2H3;2-5,8H,1H3. The maximum atomic E-state index is 8.81. The van der Waals surface area contributed by atoms with Gasteiger partial charge in [-0.15, -0.1) is 0 Å². The van der Waals surface area contributed by atoms with Crippen LogP contribution in [0.1, 0.15) is 16.7 Å². The highest BCUT2D eigenvalue weighted by molar-refractivity contribution is 5.25. The van der Waals surface area contributed by atoms with Crippen LogP contribution in [-0.2, 0) is 0 Å². The number of phenolic OH excluding ortho intramolecular Hbond substituents is 1. The second kappa shape index (κ2) is 5.96. The molecule has 0 fully saturated rings. The Balaban J connectivity index is 0.000000160. The quantitative estimate of drug-likeness (QED) is 0.702. The maximum Gasteiger partial charge on any atom is 0.115 e. The molecule has 0 atom stereocenters. The van der Waals surface area contributed by atoms with Crippen molar-refractivity contribution in [1.29, 1.82) is 0 Å². The van der Waals surface area contributed by atoms with E-state index in [4.69, 9.17) is 5.11 Å². The second-order valence-electron chi connectivity index (χ2n) is 4.00. The Hall–Kier alpha value is -1.76. The molecule has 0 bridgehead atoms. The number of hydrogen-bond acceptors (Lipinski definition) is 1. The topological polar surface area (TPSA) is 20.2 Å². The minimum Gasteiger partial charge on any atom is -0.508 e. The van der Waals surface area contributed by atoms with Crippen molar-refractivity contribution in [3.8, 4) is 5.75 Å². The van der Waals surface area contributed by atoms with Gasteiger partial charge in [0.05, 0.1) is 0 Å². The molecule has 2 aromatic rings. The van der Waals surface area contributed by atoms with Gasteiger partial charge in [-0.05, 0) is 38.5 Å². The van der Waals surface area contributed by atoms with Gasteiger partial charge in [0.25, 0.3) is 0 Å². The van der Waals surface area contributed by atoms with E-state index < -0.39 is 0 Å². The Kier molecular flexibility index (Phi) is 4.59. The number of benzene rings is 2. The van der Waals surface area contributed by atoms with E-state index in [2.05, 4.69) is 38.1 Å². The molecule has 0 heterocycles. The van der Waals surface area contributed by atoms with Gasteiger partial charge in [0.15, 0.2) is 0 Å². The number of phenols is 1. The van der Waals surface area contributed by atoms with E-state index in [9.17, 15) is 0 Å². The van der Waals surface area contributed by atoms with Gasteiger partial charge in [0.2, 0.25) is 0 Å². The molecule has 0 saturated heterocycles. The second-order valence-corrected chi connectivity index (χ2v) is 4.00. The van der Waals surface area contributed by atoms with Crippen molar-refractivity contribution in [2.75, 3.05) is 0 Å². The van der Waals surface area contributed by atoms with Crippen molar-refractivity contribution in [3.05, 3.63) is 65.2 Å². The summed E-state index contributed by atoms with van der Waals surface area (Å²) in [5, 5.41) is 8.81. The zero-order valence-electron chi connectivity index (χ0n) is 10.1. The molecule has 0 aliphatic carbocycles. The molecule has 0 radical (unpaired) electrons. The fourth-order valence-electron chi connectivity index (χ4n) is 1.43. The lowest BCUT2D eigenvalue weighted by Gasteiger charge is -1.90. The molecule has 2 aromatic carbocycles. The van der Waals surface area contributed by atoms with Gasteiger partial charge in [-0.1, -0.05) is 47.5 Å². The van der Waals surface area contributed by atoms with Crippen molar-refractivity contribution < 1.29 is 5.11 Å². The number of aromatic hydroxyl groups is 1. The monoisotopic (exact) mass is 214 g/mol. The van der Waals surface area contributed by atoms with Gasteiger partial charge < -0.3 is 5.11 Å². The average Bonchev–Trinajstić information content (AvgIpc) is 2.17. The summed E-state index contributed by atoms with van der Waals surface area (Å²) in [4.78, 5) is 0. The van der Waals surface area contributed by atoms with Gasteiger partial charge in [-0.2, -0.15) is 0 Å². The number of rotatable bonds is 0. The van der Waals surface area contributed by atoms with E-state index >= 15 is 0 Å². The molecule has 1 N–H and O–H groups in total. The largest absolute Gasteiger partial charge is 0.508 e. The van der Waals surface area contributed by atoms with E-state index in [-0.39, 0.29) is 0 Å². The molecular weight excluding hydrogens is 196 g/mol. The molecule has 16 heavy (non-hydrogen) atoms. The van der Waals surface area contributed by atoms with Crippen LogP contribution in [0.25, 0.3) is 0 Å². The molecule has 0 spiro atoms. The van der Waals surface area contributed by atoms with Crippen LogP contribution in [0.3, 0.4) is 0 Å². The van der Waals surface area contributed by atoms with E-state index in [1.54, 1.807) is 12.1 Å². The van der Waals surface area contributed by atoms with Crippen LogP contribution in [0.4, 0.5) is 0 Å². The lowest BCUT2D eigenvalue weighted by atomic mass is 10.2. The highest BCUT2D eigenvalue weighted by atomic mass is 16.3. The van der Waals surface area contributed by atoms with Crippen LogP contribution in [-0.4, -0.2) is 5.11 Å². The Bertz CT molecular complexity index is 369. The van der Waals surface area contributed by atoms with E-state index in [1.807, 2.05) is 19.1 Å². The van der Waals surface area contributed by atoms with Crippen molar-refractivity contribution in [2.24, 2.45) is 0 Å². The predicted octanol–water partition coefficient (Wildman–Crippen LogP) is 4.00. The summed E-state index contributed by atoms with van der Waals surface area (Å²) in [6.45, 7) is 6.15. The summed E-state index contributed by atoms with van der Waals surface area (Å²) in [6.07, 6.45) is 0. The molecule has 1 heteroatoms. The highest BCUT2D eigenvalue weighted by Gasteiger charge is 1.83.